The molecule has 6 heteroatoms. The van der Waals surface area contributed by atoms with Gasteiger partial charge in [0.1, 0.15) is 4.88 Å². The van der Waals surface area contributed by atoms with E-state index >= 15 is 0 Å². The molecular formula is C14H22BrN3OS. The topological polar surface area (TPSA) is 54.9 Å². The predicted molar refractivity (Wildman–Crippen MR) is 85.6 cm³/mol. The molecule has 4 nitrogen and oxygen atoms in total. The van der Waals surface area contributed by atoms with Crippen molar-refractivity contribution in [2.24, 2.45) is 5.92 Å². The number of aromatic nitrogens is 2. The first-order valence-corrected chi connectivity index (χ1v) is 8.82. The Labute approximate surface area is 133 Å². The van der Waals surface area contributed by atoms with Gasteiger partial charge >= 0.3 is 0 Å². The van der Waals surface area contributed by atoms with Gasteiger partial charge in [0.2, 0.25) is 0 Å². The molecule has 20 heavy (non-hydrogen) atoms. The highest BCUT2D eigenvalue weighted by Crippen LogP contribution is 2.29. The summed E-state index contributed by atoms with van der Waals surface area (Å²) < 4.78 is 3.94. The number of rotatable bonds is 3. The molecule has 0 radical (unpaired) electrons. The van der Waals surface area contributed by atoms with E-state index in [2.05, 4.69) is 51.6 Å². The molecule has 1 aromatic heterocycles. The second kappa shape index (κ2) is 6.52. The molecule has 0 aliphatic heterocycles. The van der Waals surface area contributed by atoms with Gasteiger partial charge in [-0.25, -0.2) is 0 Å². The van der Waals surface area contributed by atoms with Crippen LogP contribution in [0.3, 0.4) is 0 Å². The van der Waals surface area contributed by atoms with Gasteiger partial charge < -0.3 is 5.32 Å². The lowest BCUT2D eigenvalue weighted by Crippen LogP contribution is -2.32. The summed E-state index contributed by atoms with van der Waals surface area (Å²) in [5.41, 5.74) is 0.646. The molecule has 2 atom stereocenters. The Morgan fingerprint density at radius 2 is 2.20 bits per heavy atom. The number of hydrogen-bond acceptors (Lipinski definition) is 4. The van der Waals surface area contributed by atoms with E-state index < -0.39 is 0 Å². The molecule has 0 saturated heterocycles. The SMILES string of the molecule is CC(C)(C)c1nnsc1C(=O)NCC1CCCC(Br)C1. The lowest BCUT2D eigenvalue weighted by atomic mass is 9.89. The number of carbonyl (C=O) groups excluding carboxylic acids is 1. The van der Waals surface area contributed by atoms with Crippen molar-refractivity contribution in [3.63, 3.8) is 0 Å². The van der Waals surface area contributed by atoms with Crippen LogP contribution in [-0.2, 0) is 5.41 Å². The minimum Gasteiger partial charge on any atom is -0.351 e. The van der Waals surface area contributed by atoms with Crippen LogP contribution in [0.1, 0.15) is 61.8 Å². The molecule has 1 fully saturated rings. The van der Waals surface area contributed by atoms with E-state index in [0.717, 1.165) is 18.7 Å². The van der Waals surface area contributed by atoms with Gasteiger partial charge in [-0.15, -0.1) is 5.10 Å². The van der Waals surface area contributed by atoms with Crippen LogP contribution in [0.5, 0.6) is 0 Å². The molecular weight excluding hydrogens is 338 g/mol. The second-order valence-corrected chi connectivity index (χ2v) is 8.59. The van der Waals surface area contributed by atoms with E-state index in [1.807, 2.05) is 0 Å². The summed E-state index contributed by atoms with van der Waals surface area (Å²) in [5.74, 6) is 0.553. The summed E-state index contributed by atoms with van der Waals surface area (Å²) in [5, 5.41) is 7.17. The van der Waals surface area contributed by atoms with Crippen molar-refractivity contribution < 1.29 is 4.79 Å². The van der Waals surface area contributed by atoms with Crippen molar-refractivity contribution in [1.29, 1.82) is 0 Å². The Bertz CT molecular complexity index is 469. The Balaban J connectivity index is 1.94. The smallest absolute Gasteiger partial charge is 0.264 e. The zero-order valence-electron chi connectivity index (χ0n) is 12.3. The molecule has 0 bridgehead atoms. The molecule has 0 aromatic carbocycles. The van der Waals surface area contributed by atoms with E-state index in [9.17, 15) is 4.79 Å². The number of halogens is 1. The van der Waals surface area contributed by atoms with Crippen molar-refractivity contribution >= 4 is 33.4 Å². The summed E-state index contributed by atoms with van der Waals surface area (Å²) in [7, 11) is 0. The van der Waals surface area contributed by atoms with Crippen LogP contribution < -0.4 is 5.32 Å². The zero-order chi connectivity index (χ0) is 14.8. The van der Waals surface area contributed by atoms with Crippen molar-refractivity contribution in [3.05, 3.63) is 10.6 Å². The molecule has 0 spiro atoms. The molecule has 1 aliphatic carbocycles. The van der Waals surface area contributed by atoms with Crippen LogP contribution in [-0.4, -0.2) is 26.9 Å². The number of alkyl halides is 1. The summed E-state index contributed by atoms with van der Waals surface area (Å²) in [4.78, 5) is 13.6. The second-order valence-electron chi connectivity index (χ2n) is 6.54. The van der Waals surface area contributed by atoms with Crippen LogP contribution in [0.4, 0.5) is 0 Å². The molecule has 1 heterocycles. The van der Waals surface area contributed by atoms with Crippen molar-refractivity contribution in [2.45, 2.75) is 56.7 Å². The Kier molecular flexibility index (Phi) is 5.18. The van der Waals surface area contributed by atoms with Crippen LogP contribution in [0, 0.1) is 5.92 Å². The van der Waals surface area contributed by atoms with E-state index in [-0.39, 0.29) is 11.3 Å². The first kappa shape index (κ1) is 15.9. The maximum Gasteiger partial charge on any atom is 0.264 e. The lowest BCUT2D eigenvalue weighted by Gasteiger charge is -2.25. The quantitative estimate of drug-likeness (QED) is 0.839. The molecule has 1 N–H and O–H groups in total. The maximum absolute atomic E-state index is 12.3. The lowest BCUT2D eigenvalue weighted by molar-refractivity contribution is 0.0945. The number of nitrogens with one attached hydrogen (secondary N) is 1. The highest BCUT2D eigenvalue weighted by atomic mass is 79.9. The monoisotopic (exact) mass is 359 g/mol. The number of hydrogen-bond donors (Lipinski definition) is 1. The van der Waals surface area contributed by atoms with E-state index in [1.54, 1.807) is 0 Å². The van der Waals surface area contributed by atoms with Gasteiger partial charge in [0.05, 0.1) is 5.69 Å². The van der Waals surface area contributed by atoms with Gasteiger partial charge in [-0.3, -0.25) is 4.79 Å². The average Bonchev–Trinajstić information content (AvgIpc) is 2.85. The first-order chi connectivity index (χ1) is 9.38. The minimum absolute atomic E-state index is 0.0263. The van der Waals surface area contributed by atoms with Gasteiger partial charge in [0.15, 0.2) is 0 Å². The normalized spacial score (nSPS) is 23.6. The van der Waals surface area contributed by atoms with Crippen LogP contribution >= 0.6 is 27.5 Å². The molecule has 1 amide bonds. The van der Waals surface area contributed by atoms with Crippen molar-refractivity contribution in [3.8, 4) is 0 Å². The summed E-state index contributed by atoms with van der Waals surface area (Å²) >= 11 is 4.87. The molecule has 2 unspecified atom stereocenters. The van der Waals surface area contributed by atoms with E-state index in [0.29, 0.717) is 15.6 Å². The molecule has 1 saturated carbocycles. The fourth-order valence-electron chi connectivity index (χ4n) is 2.56. The van der Waals surface area contributed by atoms with Gasteiger partial charge in [-0.05, 0) is 36.7 Å². The number of nitrogens with zero attached hydrogens (tertiary/aromatic N) is 2. The Morgan fingerprint density at radius 1 is 1.45 bits per heavy atom. The van der Waals surface area contributed by atoms with Gasteiger partial charge in [0, 0.05) is 16.8 Å². The molecule has 1 aromatic rings. The highest BCUT2D eigenvalue weighted by molar-refractivity contribution is 9.09. The van der Waals surface area contributed by atoms with Crippen molar-refractivity contribution in [1.82, 2.24) is 14.9 Å². The van der Waals surface area contributed by atoms with Gasteiger partial charge in [0.25, 0.3) is 5.91 Å². The Hall–Kier alpha value is -0.490. The Morgan fingerprint density at radius 3 is 2.85 bits per heavy atom. The average molecular weight is 360 g/mol. The van der Waals surface area contributed by atoms with E-state index in [4.69, 9.17) is 0 Å². The number of carbonyl (C=O) groups is 1. The molecule has 112 valence electrons. The van der Waals surface area contributed by atoms with Crippen LogP contribution in [0.25, 0.3) is 0 Å². The van der Waals surface area contributed by atoms with Crippen LogP contribution in [0.15, 0.2) is 0 Å². The third kappa shape index (κ3) is 4.01. The highest BCUT2D eigenvalue weighted by Gasteiger charge is 2.27. The summed E-state index contributed by atoms with van der Waals surface area (Å²) in [6.45, 7) is 6.91. The third-order valence-electron chi connectivity index (χ3n) is 3.67. The summed E-state index contributed by atoms with van der Waals surface area (Å²) in [6.07, 6.45) is 4.84. The zero-order valence-corrected chi connectivity index (χ0v) is 14.7. The maximum atomic E-state index is 12.3. The minimum atomic E-state index is -0.147. The van der Waals surface area contributed by atoms with Crippen molar-refractivity contribution in [2.75, 3.05) is 6.54 Å². The van der Waals surface area contributed by atoms with Gasteiger partial charge in [-0.2, -0.15) is 0 Å². The van der Waals surface area contributed by atoms with E-state index in [1.165, 1.54) is 30.8 Å². The summed E-state index contributed by atoms with van der Waals surface area (Å²) in [6, 6.07) is 0. The largest absolute Gasteiger partial charge is 0.351 e. The van der Waals surface area contributed by atoms with Gasteiger partial charge in [-0.1, -0.05) is 47.6 Å². The molecule has 2 rings (SSSR count). The number of amides is 1. The fourth-order valence-corrected chi connectivity index (χ4v) is 4.20. The predicted octanol–water partition coefficient (Wildman–Crippen LogP) is 3.52. The molecule has 1 aliphatic rings. The third-order valence-corrected chi connectivity index (χ3v) is 5.23. The standard InChI is InChI=1S/C14H22BrN3OS/c1-14(2,3)12-11(20-18-17-12)13(19)16-8-9-5-4-6-10(15)7-9/h9-10H,4-8H2,1-3H3,(H,16,19). The first-order valence-electron chi connectivity index (χ1n) is 7.13. The fraction of sp³-hybridized carbons (Fsp3) is 0.786. The van der Waals surface area contributed by atoms with Crippen LogP contribution in [0.2, 0.25) is 0 Å².